The molecule has 180 valence electrons. The standard InChI is InChI=1S/C30H38N2O2/c1-4-31-17-16-22-6-8-23(9-7-22)21-32(5-2)30-20-28(34-3)14-15-29(30)26-11-10-25-19-27(33)13-12-24(25)18-26/h6-9,12-15,19-20,26,31,33H,4-5,10-11,16-18,21H2,1-3H3/i3D3. The molecule has 3 aromatic carbocycles. The van der Waals surface area contributed by atoms with E-state index in [1.54, 1.807) is 12.1 Å². The van der Waals surface area contributed by atoms with Gasteiger partial charge in [-0.2, -0.15) is 0 Å². The Morgan fingerprint density at radius 3 is 2.62 bits per heavy atom. The number of benzene rings is 3. The summed E-state index contributed by atoms with van der Waals surface area (Å²) < 4.78 is 28.0. The molecule has 4 rings (SSSR count). The van der Waals surface area contributed by atoms with Gasteiger partial charge in [0.15, 0.2) is 0 Å². The number of likely N-dealkylation sites (N-methyl/N-ethyl adjacent to an activating group) is 1. The van der Waals surface area contributed by atoms with Crippen LogP contribution in [0, 0.1) is 0 Å². The van der Waals surface area contributed by atoms with E-state index in [1.165, 1.54) is 27.8 Å². The van der Waals surface area contributed by atoms with Crippen LogP contribution in [0.25, 0.3) is 0 Å². The van der Waals surface area contributed by atoms with Crippen LogP contribution in [0.2, 0.25) is 0 Å². The van der Waals surface area contributed by atoms with Crippen LogP contribution in [0.15, 0.2) is 60.7 Å². The quantitative estimate of drug-likeness (QED) is 0.372. The Morgan fingerprint density at radius 2 is 1.85 bits per heavy atom. The maximum absolute atomic E-state index is 9.88. The van der Waals surface area contributed by atoms with Crippen LogP contribution in [-0.4, -0.2) is 31.8 Å². The summed E-state index contributed by atoms with van der Waals surface area (Å²) >= 11 is 0. The molecule has 0 spiro atoms. The molecule has 0 saturated carbocycles. The first kappa shape index (κ1) is 20.4. The molecule has 4 heteroatoms. The monoisotopic (exact) mass is 461 g/mol. The lowest BCUT2D eigenvalue weighted by Gasteiger charge is -2.32. The summed E-state index contributed by atoms with van der Waals surface area (Å²) in [5.41, 5.74) is 7.23. The van der Waals surface area contributed by atoms with Gasteiger partial charge in [0.25, 0.3) is 0 Å². The van der Waals surface area contributed by atoms with E-state index >= 15 is 0 Å². The molecule has 0 aliphatic heterocycles. The Kier molecular flexibility index (Phi) is 6.86. The van der Waals surface area contributed by atoms with Crippen molar-refractivity contribution in [1.29, 1.82) is 0 Å². The molecule has 0 amide bonds. The highest BCUT2D eigenvalue weighted by Gasteiger charge is 2.24. The molecule has 1 aliphatic carbocycles. The first-order chi connectivity index (χ1) is 17.8. The van der Waals surface area contributed by atoms with E-state index in [9.17, 15) is 5.11 Å². The van der Waals surface area contributed by atoms with Crippen molar-refractivity contribution >= 4 is 5.69 Å². The van der Waals surface area contributed by atoms with Gasteiger partial charge in [-0.15, -0.1) is 0 Å². The molecule has 1 atom stereocenters. The predicted molar refractivity (Wildman–Crippen MR) is 141 cm³/mol. The maximum atomic E-state index is 9.88. The number of nitrogens with zero attached hydrogens (tertiary/aromatic N) is 1. The summed E-state index contributed by atoms with van der Waals surface area (Å²) in [5.74, 6) is 0.974. The highest BCUT2D eigenvalue weighted by atomic mass is 16.5. The van der Waals surface area contributed by atoms with Gasteiger partial charge in [0.2, 0.25) is 0 Å². The molecule has 0 aromatic heterocycles. The number of phenolic OH excluding ortho intramolecular Hbond substituents is 1. The summed E-state index contributed by atoms with van der Waals surface area (Å²) in [6, 6.07) is 20.1. The number of ether oxygens (including phenoxy) is 1. The van der Waals surface area contributed by atoms with Crippen molar-refractivity contribution in [2.75, 3.05) is 31.6 Å². The van der Waals surface area contributed by atoms with Crippen LogP contribution in [0.1, 0.15) is 58.1 Å². The summed E-state index contributed by atoms with van der Waals surface area (Å²) in [6.07, 6.45) is 3.77. The van der Waals surface area contributed by atoms with E-state index in [-0.39, 0.29) is 0 Å². The minimum atomic E-state index is -2.50. The van der Waals surface area contributed by atoms with Gasteiger partial charge in [-0.25, -0.2) is 0 Å². The number of nitrogens with one attached hydrogen (secondary N) is 1. The molecule has 3 aromatic rings. The minimum absolute atomic E-state index is 0.302. The number of hydrogen-bond acceptors (Lipinski definition) is 4. The smallest absolute Gasteiger partial charge is 0.120 e. The van der Waals surface area contributed by atoms with Gasteiger partial charge >= 0.3 is 0 Å². The van der Waals surface area contributed by atoms with E-state index in [0.29, 0.717) is 17.4 Å². The molecular formula is C30H38N2O2. The first-order valence-corrected chi connectivity index (χ1v) is 12.4. The van der Waals surface area contributed by atoms with Crippen molar-refractivity contribution in [3.05, 3.63) is 88.5 Å². The Morgan fingerprint density at radius 1 is 1.03 bits per heavy atom. The largest absolute Gasteiger partial charge is 0.508 e. The second-order valence-corrected chi connectivity index (χ2v) is 9.15. The van der Waals surface area contributed by atoms with Crippen LogP contribution in [0.4, 0.5) is 5.69 Å². The Labute approximate surface area is 208 Å². The number of anilines is 1. The molecule has 34 heavy (non-hydrogen) atoms. The number of rotatable bonds is 10. The SMILES string of the molecule is [2H]C([2H])([2H])Oc1ccc(C2CCc3cc(O)ccc3C2)c(N(CC)Cc2ccc(CCNCC)cc2)c1. The molecule has 0 fully saturated rings. The molecule has 4 nitrogen and oxygen atoms in total. The van der Waals surface area contributed by atoms with E-state index in [1.807, 2.05) is 24.3 Å². The number of methoxy groups -OCH3 is 1. The van der Waals surface area contributed by atoms with Crippen molar-refractivity contribution in [3.8, 4) is 11.5 Å². The Balaban J connectivity index is 1.61. The molecule has 1 unspecified atom stereocenters. The zero-order chi connectivity index (χ0) is 26.4. The van der Waals surface area contributed by atoms with Crippen LogP contribution < -0.4 is 15.0 Å². The average molecular weight is 462 g/mol. The lowest BCUT2D eigenvalue weighted by atomic mass is 9.79. The van der Waals surface area contributed by atoms with E-state index in [0.717, 1.165) is 57.5 Å². The second-order valence-electron chi connectivity index (χ2n) is 9.15. The van der Waals surface area contributed by atoms with Crippen molar-refractivity contribution in [1.82, 2.24) is 5.32 Å². The maximum Gasteiger partial charge on any atom is 0.120 e. The van der Waals surface area contributed by atoms with Crippen LogP contribution in [-0.2, 0) is 25.8 Å². The number of fused-ring (bicyclic) bond motifs is 1. The fourth-order valence-electron chi connectivity index (χ4n) is 5.02. The molecule has 0 heterocycles. The summed E-state index contributed by atoms with van der Waals surface area (Å²) in [6.45, 7) is 7.71. The summed E-state index contributed by atoms with van der Waals surface area (Å²) in [7, 11) is -2.50. The molecule has 1 aliphatic rings. The number of phenols is 1. The van der Waals surface area contributed by atoms with Gasteiger partial charge in [0.1, 0.15) is 11.5 Å². The Bertz CT molecular complexity index is 1180. The molecule has 0 saturated heterocycles. The number of aromatic hydroxyl groups is 1. The van der Waals surface area contributed by atoms with Crippen molar-refractivity contribution in [3.63, 3.8) is 0 Å². The fraction of sp³-hybridized carbons (Fsp3) is 0.400. The number of aryl methyl sites for hydroxylation is 1. The molecular weight excluding hydrogens is 420 g/mol. The first-order valence-electron chi connectivity index (χ1n) is 13.9. The van der Waals surface area contributed by atoms with Gasteiger partial charge in [0.05, 0.1) is 11.2 Å². The van der Waals surface area contributed by atoms with E-state index in [4.69, 9.17) is 8.85 Å². The van der Waals surface area contributed by atoms with Gasteiger partial charge in [-0.3, -0.25) is 0 Å². The summed E-state index contributed by atoms with van der Waals surface area (Å²) in [4.78, 5) is 2.31. The van der Waals surface area contributed by atoms with Crippen LogP contribution >= 0.6 is 0 Å². The third-order valence-electron chi connectivity index (χ3n) is 6.94. The molecule has 2 N–H and O–H groups in total. The van der Waals surface area contributed by atoms with E-state index in [2.05, 4.69) is 48.3 Å². The third-order valence-corrected chi connectivity index (χ3v) is 6.94. The molecule has 0 radical (unpaired) electrons. The molecule has 0 bridgehead atoms. The van der Waals surface area contributed by atoms with Crippen LogP contribution in [0.5, 0.6) is 11.5 Å². The highest BCUT2D eigenvalue weighted by Crippen LogP contribution is 2.40. The normalized spacial score (nSPS) is 16.8. The number of hydrogen-bond donors (Lipinski definition) is 2. The average Bonchev–Trinajstić information content (AvgIpc) is 2.87. The lowest BCUT2D eigenvalue weighted by molar-refractivity contribution is 0.414. The van der Waals surface area contributed by atoms with Gasteiger partial charge in [-0.05, 0) is 97.6 Å². The van der Waals surface area contributed by atoms with Crippen molar-refractivity contribution in [2.45, 2.75) is 52.0 Å². The highest BCUT2D eigenvalue weighted by molar-refractivity contribution is 5.60. The van der Waals surface area contributed by atoms with Gasteiger partial charge < -0.3 is 20.1 Å². The second kappa shape index (κ2) is 11.4. The topological polar surface area (TPSA) is 44.7 Å². The fourth-order valence-corrected chi connectivity index (χ4v) is 5.02. The van der Waals surface area contributed by atoms with Gasteiger partial charge in [0, 0.05) is 24.8 Å². The predicted octanol–water partition coefficient (Wildman–Crippen LogP) is 5.85. The zero-order valence-corrected chi connectivity index (χ0v) is 20.3. The minimum Gasteiger partial charge on any atom is -0.508 e. The third kappa shape index (κ3) is 5.74. The summed E-state index contributed by atoms with van der Waals surface area (Å²) in [5, 5.41) is 13.3. The van der Waals surface area contributed by atoms with Crippen molar-refractivity contribution < 1.29 is 14.0 Å². The van der Waals surface area contributed by atoms with Gasteiger partial charge in [-0.1, -0.05) is 43.3 Å². The van der Waals surface area contributed by atoms with E-state index < -0.39 is 7.04 Å². The van der Waals surface area contributed by atoms with Crippen LogP contribution in [0.3, 0.4) is 0 Å². The van der Waals surface area contributed by atoms with Crippen molar-refractivity contribution in [2.24, 2.45) is 0 Å². The lowest BCUT2D eigenvalue weighted by Crippen LogP contribution is -2.25. The zero-order valence-electron chi connectivity index (χ0n) is 23.3. The Hall–Kier alpha value is -2.98.